The summed E-state index contributed by atoms with van der Waals surface area (Å²) in [6.07, 6.45) is 3.54. The van der Waals surface area contributed by atoms with Crippen LogP contribution in [0.3, 0.4) is 0 Å². The predicted octanol–water partition coefficient (Wildman–Crippen LogP) is 4.24. The van der Waals surface area contributed by atoms with Crippen LogP contribution in [0.1, 0.15) is 26.5 Å². The summed E-state index contributed by atoms with van der Waals surface area (Å²) in [5.74, 6) is -0.834. The predicted molar refractivity (Wildman–Crippen MR) is 130 cm³/mol. The second kappa shape index (κ2) is 9.25. The van der Waals surface area contributed by atoms with Gasteiger partial charge >= 0.3 is 0 Å². The molecular formula is C26H33FN4O2. The van der Waals surface area contributed by atoms with Crippen molar-refractivity contribution in [2.75, 3.05) is 38.2 Å². The van der Waals surface area contributed by atoms with E-state index in [9.17, 15) is 9.50 Å². The van der Waals surface area contributed by atoms with Crippen LogP contribution in [-0.4, -0.2) is 58.9 Å². The lowest BCUT2D eigenvalue weighted by atomic mass is 9.94. The fraction of sp³-hybridized carbons (Fsp3) is 0.423. The Balaban J connectivity index is 1.98. The zero-order valence-corrected chi connectivity index (χ0v) is 20.0. The molecule has 4 rings (SSSR count). The molecule has 6 nitrogen and oxygen atoms in total. The maximum Gasteiger partial charge on any atom is 0.205 e. The minimum Gasteiger partial charge on any atom is -0.361 e. The zero-order chi connectivity index (χ0) is 23.8. The van der Waals surface area contributed by atoms with Crippen molar-refractivity contribution in [2.24, 2.45) is 7.05 Å². The Labute approximate surface area is 195 Å². The van der Waals surface area contributed by atoms with E-state index in [1.54, 1.807) is 31.5 Å². The highest BCUT2D eigenvalue weighted by Gasteiger charge is 2.37. The smallest absolute Gasteiger partial charge is 0.205 e. The van der Waals surface area contributed by atoms with Gasteiger partial charge in [0.05, 0.1) is 5.69 Å². The van der Waals surface area contributed by atoms with Gasteiger partial charge in [-0.15, -0.1) is 0 Å². The van der Waals surface area contributed by atoms with E-state index in [1.807, 2.05) is 23.7 Å². The molecule has 0 aliphatic carbocycles. The standard InChI is InChI=1S/C26H33FN4O2/c1-18(2)30-14-16-31(17-15-30)25-23(20-10-12-28-13-11-20)22(19-6-8-21(27)9-7-19)24(29(25)4)26(3,32)33-5/h6-13,18,32H,14-17H2,1-5H3. The molecule has 1 N–H and O–H groups in total. The van der Waals surface area contributed by atoms with Gasteiger partial charge in [0.1, 0.15) is 11.6 Å². The molecule has 3 aromatic rings. The summed E-state index contributed by atoms with van der Waals surface area (Å²) in [4.78, 5) is 9.04. The van der Waals surface area contributed by atoms with E-state index in [2.05, 4.69) is 28.6 Å². The van der Waals surface area contributed by atoms with Crippen LogP contribution in [0, 0.1) is 5.82 Å². The topological polar surface area (TPSA) is 53.8 Å². The molecule has 1 fully saturated rings. The van der Waals surface area contributed by atoms with Gasteiger partial charge in [0.25, 0.3) is 0 Å². The van der Waals surface area contributed by atoms with Crippen LogP contribution in [-0.2, 0) is 17.6 Å². The fourth-order valence-corrected chi connectivity index (χ4v) is 4.82. The summed E-state index contributed by atoms with van der Waals surface area (Å²) in [5, 5.41) is 11.3. The van der Waals surface area contributed by atoms with Crippen LogP contribution in [0.4, 0.5) is 10.2 Å². The number of nitrogens with zero attached hydrogens (tertiary/aromatic N) is 4. The molecule has 1 atom stereocenters. The fourth-order valence-electron chi connectivity index (χ4n) is 4.82. The number of ether oxygens (including phenoxy) is 1. The highest BCUT2D eigenvalue weighted by molar-refractivity contribution is 5.94. The second-order valence-electron chi connectivity index (χ2n) is 9.03. The molecule has 1 aliphatic heterocycles. The van der Waals surface area contributed by atoms with Crippen LogP contribution in [0.2, 0.25) is 0 Å². The first-order valence-corrected chi connectivity index (χ1v) is 11.4. The molecule has 0 saturated carbocycles. The van der Waals surface area contributed by atoms with E-state index in [0.717, 1.165) is 54.3 Å². The van der Waals surface area contributed by atoms with Crippen molar-refractivity contribution in [3.8, 4) is 22.3 Å². The molecule has 2 aromatic heterocycles. The van der Waals surface area contributed by atoms with Gasteiger partial charge in [-0.05, 0) is 56.2 Å². The lowest BCUT2D eigenvalue weighted by molar-refractivity contribution is -0.182. The third-order valence-electron chi connectivity index (χ3n) is 6.65. The summed E-state index contributed by atoms with van der Waals surface area (Å²) in [6, 6.07) is 10.9. The maximum absolute atomic E-state index is 13.8. The Hall–Kier alpha value is -2.74. The highest BCUT2D eigenvalue weighted by Crippen LogP contribution is 2.47. The first kappa shape index (κ1) is 23.4. The van der Waals surface area contributed by atoms with Gasteiger partial charge in [0.15, 0.2) is 0 Å². The van der Waals surface area contributed by atoms with E-state index in [4.69, 9.17) is 4.74 Å². The largest absolute Gasteiger partial charge is 0.361 e. The van der Waals surface area contributed by atoms with E-state index >= 15 is 0 Å². The number of pyridine rings is 1. The normalized spacial score (nSPS) is 16.9. The van der Waals surface area contributed by atoms with Gasteiger partial charge in [-0.25, -0.2) is 4.39 Å². The van der Waals surface area contributed by atoms with Crippen LogP contribution in [0.15, 0.2) is 48.8 Å². The molecule has 176 valence electrons. The van der Waals surface area contributed by atoms with E-state index in [1.165, 1.54) is 19.2 Å². The van der Waals surface area contributed by atoms with Crippen LogP contribution < -0.4 is 4.90 Å². The van der Waals surface area contributed by atoms with Crippen molar-refractivity contribution in [2.45, 2.75) is 32.6 Å². The molecule has 1 aliphatic rings. The van der Waals surface area contributed by atoms with Gasteiger partial charge in [-0.1, -0.05) is 12.1 Å². The van der Waals surface area contributed by atoms with Crippen molar-refractivity contribution in [1.29, 1.82) is 0 Å². The van der Waals surface area contributed by atoms with Crippen molar-refractivity contribution < 1.29 is 14.2 Å². The highest BCUT2D eigenvalue weighted by atomic mass is 19.1. The Kier molecular flexibility index (Phi) is 6.56. The van der Waals surface area contributed by atoms with E-state index in [-0.39, 0.29) is 5.82 Å². The minimum atomic E-state index is -1.54. The number of anilines is 1. The van der Waals surface area contributed by atoms with Crippen molar-refractivity contribution in [3.63, 3.8) is 0 Å². The average molecular weight is 453 g/mol. The van der Waals surface area contributed by atoms with Gasteiger partial charge < -0.3 is 19.3 Å². The lowest BCUT2D eigenvalue weighted by Gasteiger charge is -2.39. The maximum atomic E-state index is 13.8. The third kappa shape index (κ3) is 4.40. The minimum absolute atomic E-state index is 0.301. The second-order valence-corrected chi connectivity index (χ2v) is 9.03. The SMILES string of the molecule is COC(C)(O)c1c(-c2ccc(F)cc2)c(-c2ccncc2)c(N2CCN(C(C)C)CC2)n1C. The molecule has 1 saturated heterocycles. The molecule has 1 unspecified atom stereocenters. The molecule has 33 heavy (non-hydrogen) atoms. The third-order valence-corrected chi connectivity index (χ3v) is 6.65. The summed E-state index contributed by atoms with van der Waals surface area (Å²) in [5.41, 5.74) is 4.25. The molecule has 3 heterocycles. The number of methoxy groups -OCH3 is 1. The number of aromatic nitrogens is 2. The van der Waals surface area contributed by atoms with Crippen molar-refractivity contribution in [3.05, 3.63) is 60.3 Å². The summed E-state index contributed by atoms with van der Waals surface area (Å²) in [7, 11) is 3.46. The first-order chi connectivity index (χ1) is 15.7. The Morgan fingerprint density at radius 1 is 0.970 bits per heavy atom. The van der Waals surface area contributed by atoms with Gasteiger partial charge in [0, 0.05) is 69.9 Å². The Morgan fingerprint density at radius 2 is 1.55 bits per heavy atom. The summed E-state index contributed by atoms with van der Waals surface area (Å²) >= 11 is 0. The Bertz CT molecular complexity index is 1090. The number of piperazine rings is 1. The molecule has 7 heteroatoms. The van der Waals surface area contributed by atoms with Crippen molar-refractivity contribution in [1.82, 2.24) is 14.5 Å². The van der Waals surface area contributed by atoms with Gasteiger partial charge in [-0.3, -0.25) is 9.88 Å². The molecule has 0 radical (unpaired) electrons. The van der Waals surface area contributed by atoms with E-state index in [0.29, 0.717) is 11.7 Å². The van der Waals surface area contributed by atoms with Gasteiger partial charge in [0.2, 0.25) is 5.79 Å². The monoisotopic (exact) mass is 452 g/mol. The first-order valence-electron chi connectivity index (χ1n) is 11.4. The number of benzene rings is 1. The average Bonchev–Trinajstić information content (AvgIpc) is 3.13. The van der Waals surface area contributed by atoms with Crippen LogP contribution in [0.25, 0.3) is 22.3 Å². The number of hydrogen-bond donors (Lipinski definition) is 1. The lowest BCUT2D eigenvalue weighted by Crippen LogP contribution is -2.49. The quantitative estimate of drug-likeness (QED) is 0.567. The molecule has 1 aromatic carbocycles. The number of aliphatic hydroxyl groups is 1. The number of halogens is 1. The summed E-state index contributed by atoms with van der Waals surface area (Å²) < 4.78 is 21.4. The molecule has 0 bridgehead atoms. The number of hydrogen-bond acceptors (Lipinski definition) is 5. The molecular weight excluding hydrogens is 419 g/mol. The molecule has 0 spiro atoms. The number of rotatable bonds is 6. The van der Waals surface area contributed by atoms with Crippen LogP contribution in [0.5, 0.6) is 0 Å². The van der Waals surface area contributed by atoms with Crippen molar-refractivity contribution >= 4 is 5.82 Å². The Morgan fingerprint density at radius 3 is 2.09 bits per heavy atom. The summed E-state index contributed by atoms with van der Waals surface area (Å²) in [6.45, 7) is 9.74. The zero-order valence-electron chi connectivity index (χ0n) is 20.0. The van der Waals surface area contributed by atoms with Crippen LogP contribution >= 0.6 is 0 Å². The van der Waals surface area contributed by atoms with Gasteiger partial charge in [-0.2, -0.15) is 0 Å². The molecule has 0 amide bonds. The van der Waals surface area contributed by atoms with E-state index < -0.39 is 5.79 Å².